The van der Waals surface area contributed by atoms with E-state index >= 15 is 0 Å². The predicted molar refractivity (Wildman–Crippen MR) is 197 cm³/mol. The molecule has 11 aromatic rings. The van der Waals surface area contributed by atoms with Crippen LogP contribution in [0.2, 0.25) is 0 Å². The maximum absolute atomic E-state index is 9.66. The van der Waals surface area contributed by atoms with Gasteiger partial charge in [-0.15, -0.1) is 0 Å². The van der Waals surface area contributed by atoms with Crippen molar-refractivity contribution in [2.24, 2.45) is 0 Å². The number of fused-ring (bicyclic) bond motifs is 13. The van der Waals surface area contributed by atoms with E-state index in [-0.39, 0.29) is 18.1 Å². The van der Waals surface area contributed by atoms with Gasteiger partial charge >= 0.3 is 0 Å². The largest absolute Gasteiger partial charge is 0.455 e. The van der Waals surface area contributed by atoms with Gasteiger partial charge in [0.25, 0.3) is 0 Å². The summed E-state index contributed by atoms with van der Waals surface area (Å²) in [6.07, 6.45) is 0. The van der Waals surface area contributed by atoms with Gasteiger partial charge in [-0.1, -0.05) is 91.0 Å². The molecule has 0 spiro atoms. The van der Waals surface area contributed by atoms with Crippen molar-refractivity contribution in [3.05, 3.63) is 158 Å². The lowest BCUT2D eigenvalue weighted by molar-refractivity contribution is 0.672. The summed E-state index contributed by atoms with van der Waals surface area (Å²) in [5, 5.41) is 9.70. The highest BCUT2D eigenvalue weighted by Gasteiger charge is 2.20. The maximum atomic E-state index is 9.66. The lowest BCUT2D eigenvalue weighted by Crippen LogP contribution is -1.96. The molecule has 8 aromatic carbocycles. The smallest absolute Gasteiger partial charge is 0.143 e. The summed E-state index contributed by atoms with van der Waals surface area (Å²) in [6.45, 7) is 0. The fraction of sp³-hybridized carbons (Fsp3) is 0. The van der Waals surface area contributed by atoms with Crippen molar-refractivity contribution in [3.63, 3.8) is 0 Å². The van der Waals surface area contributed by atoms with E-state index < -0.39 is 0 Å². The average molecular weight is 602 g/mol. The first kappa shape index (κ1) is 22.2. The second kappa shape index (κ2) is 9.12. The van der Waals surface area contributed by atoms with E-state index in [0.717, 1.165) is 60.3 Å². The highest BCUT2D eigenvalue weighted by molar-refractivity contribution is 6.25. The minimum Gasteiger partial charge on any atom is -0.455 e. The molecule has 11 rings (SSSR count). The van der Waals surface area contributed by atoms with Crippen LogP contribution in [0.4, 0.5) is 0 Å². The number of hydrogen-bond acceptors (Lipinski definition) is 1. The Morgan fingerprint density at radius 1 is 0.426 bits per heavy atom. The van der Waals surface area contributed by atoms with Gasteiger partial charge in [0.1, 0.15) is 11.2 Å². The van der Waals surface area contributed by atoms with Crippen LogP contribution in [0.25, 0.3) is 98.5 Å². The van der Waals surface area contributed by atoms with E-state index in [1.807, 2.05) is 65.2 Å². The number of para-hydroxylation sites is 3. The predicted octanol–water partition coefficient (Wildman–Crippen LogP) is 12.1. The van der Waals surface area contributed by atoms with E-state index in [4.69, 9.17) is 4.42 Å². The molecular weight excluding hydrogens is 572 g/mol. The lowest BCUT2D eigenvalue weighted by atomic mass is 10.0. The Labute approximate surface area is 273 Å². The minimum atomic E-state index is -0.00666. The van der Waals surface area contributed by atoms with E-state index in [9.17, 15) is 4.11 Å². The number of rotatable bonds is 2. The van der Waals surface area contributed by atoms with Gasteiger partial charge in [0.15, 0.2) is 0 Å². The minimum absolute atomic E-state index is 0.00666. The molecule has 47 heavy (non-hydrogen) atoms. The molecule has 3 aromatic heterocycles. The average Bonchev–Trinajstić information content (AvgIpc) is 3.81. The van der Waals surface area contributed by atoms with Gasteiger partial charge in [-0.2, -0.15) is 0 Å². The summed E-state index contributed by atoms with van der Waals surface area (Å²) < 4.78 is 39.2. The Hall–Kier alpha value is -6.32. The normalized spacial score (nSPS) is 13.1. The SMILES string of the molecule is [2H]c1c(-n2c3ccccc3c3cc4c5c6ccccc6ccc5n(-c5ccccc5)c4cc32)c([2H])c2ccc3c4ccccc4oc3c2c1[2H]. The lowest BCUT2D eigenvalue weighted by Gasteiger charge is -2.11. The molecular formula is C44H26N2O. The van der Waals surface area contributed by atoms with Crippen molar-refractivity contribution < 1.29 is 8.53 Å². The van der Waals surface area contributed by atoms with Crippen molar-refractivity contribution >= 4 is 87.1 Å². The van der Waals surface area contributed by atoms with Crippen LogP contribution in [0.5, 0.6) is 0 Å². The molecule has 0 aliphatic rings. The highest BCUT2D eigenvalue weighted by atomic mass is 16.3. The van der Waals surface area contributed by atoms with Crippen molar-refractivity contribution in [3.8, 4) is 11.4 Å². The molecule has 0 fully saturated rings. The molecule has 0 atom stereocenters. The summed E-state index contributed by atoms with van der Waals surface area (Å²) >= 11 is 0. The number of hydrogen-bond donors (Lipinski definition) is 0. The molecule has 0 aliphatic carbocycles. The van der Waals surface area contributed by atoms with E-state index in [2.05, 4.69) is 83.4 Å². The zero-order valence-corrected chi connectivity index (χ0v) is 25.1. The van der Waals surface area contributed by atoms with Crippen LogP contribution in [-0.4, -0.2) is 9.13 Å². The summed E-state index contributed by atoms with van der Waals surface area (Å²) in [4.78, 5) is 0. The van der Waals surface area contributed by atoms with Crippen molar-refractivity contribution in [2.75, 3.05) is 0 Å². The summed E-state index contributed by atoms with van der Waals surface area (Å²) in [5.41, 5.74) is 6.64. The zero-order chi connectivity index (χ0) is 33.2. The third-order valence-corrected chi connectivity index (χ3v) is 9.79. The van der Waals surface area contributed by atoms with Crippen LogP contribution >= 0.6 is 0 Å². The molecule has 0 amide bonds. The van der Waals surface area contributed by atoms with Gasteiger partial charge in [0.2, 0.25) is 0 Å². The number of nitrogens with zero attached hydrogens (tertiary/aromatic N) is 2. The van der Waals surface area contributed by atoms with E-state index in [0.29, 0.717) is 22.0 Å². The number of aromatic nitrogens is 2. The first-order chi connectivity index (χ1) is 24.6. The Balaban J connectivity index is 1.31. The van der Waals surface area contributed by atoms with Crippen molar-refractivity contribution in [2.45, 2.75) is 0 Å². The Morgan fingerprint density at radius 2 is 1.15 bits per heavy atom. The molecule has 0 saturated carbocycles. The molecule has 3 heterocycles. The van der Waals surface area contributed by atoms with E-state index in [1.165, 1.54) is 16.2 Å². The quantitative estimate of drug-likeness (QED) is 0.193. The molecule has 218 valence electrons. The third kappa shape index (κ3) is 3.35. The number of benzene rings is 8. The number of furan rings is 1. The molecule has 0 radical (unpaired) electrons. The highest BCUT2D eigenvalue weighted by Crippen LogP contribution is 2.42. The van der Waals surface area contributed by atoms with Gasteiger partial charge in [0, 0.05) is 49.1 Å². The van der Waals surface area contributed by atoms with Crippen molar-refractivity contribution in [1.29, 1.82) is 0 Å². The monoisotopic (exact) mass is 601 g/mol. The molecule has 0 N–H and O–H groups in total. The molecule has 0 aliphatic heterocycles. The first-order valence-corrected chi connectivity index (χ1v) is 15.9. The fourth-order valence-corrected chi connectivity index (χ4v) is 7.75. The second-order valence-corrected chi connectivity index (χ2v) is 12.3. The van der Waals surface area contributed by atoms with Crippen molar-refractivity contribution in [1.82, 2.24) is 9.13 Å². The van der Waals surface area contributed by atoms with Crippen LogP contribution in [0.1, 0.15) is 4.11 Å². The first-order valence-electron chi connectivity index (χ1n) is 17.4. The Morgan fingerprint density at radius 3 is 2.06 bits per heavy atom. The second-order valence-electron chi connectivity index (χ2n) is 12.3. The molecule has 3 heteroatoms. The maximum Gasteiger partial charge on any atom is 0.143 e. The van der Waals surface area contributed by atoms with Crippen LogP contribution in [0.3, 0.4) is 0 Å². The fourth-order valence-electron chi connectivity index (χ4n) is 7.75. The zero-order valence-electron chi connectivity index (χ0n) is 28.1. The summed E-state index contributed by atoms with van der Waals surface area (Å²) in [7, 11) is 0. The molecule has 3 nitrogen and oxygen atoms in total. The molecule has 0 unspecified atom stereocenters. The van der Waals surface area contributed by atoms with Crippen LogP contribution in [0, 0.1) is 0 Å². The molecule has 0 bridgehead atoms. The van der Waals surface area contributed by atoms with Gasteiger partial charge < -0.3 is 13.6 Å². The third-order valence-electron chi connectivity index (χ3n) is 9.79. The van der Waals surface area contributed by atoms with Gasteiger partial charge in [0.05, 0.1) is 26.2 Å². The topological polar surface area (TPSA) is 23.0 Å². The molecule has 0 saturated heterocycles. The van der Waals surface area contributed by atoms with Gasteiger partial charge in [-0.05, 0) is 82.8 Å². The standard InChI is InChI=1S/C44H26N2O/c1-2-11-29(12-3-1)45-39-23-19-27-10-4-5-13-31(27)43(39)37-25-36-33-14-6-8-16-38(33)46(40(36)26-41(37)45)30-20-22-32-28(24-30)18-21-35-34-15-7-9-17-42(34)47-44(32)35/h1-26H/i20D,22D,24D. The van der Waals surface area contributed by atoms with E-state index in [1.54, 1.807) is 0 Å². The Kier molecular flexibility index (Phi) is 4.31. The summed E-state index contributed by atoms with van der Waals surface area (Å²) in [5.74, 6) is 0. The Bertz CT molecular complexity index is 3240. The van der Waals surface area contributed by atoms with Gasteiger partial charge in [-0.25, -0.2) is 0 Å². The summed E-state index contributed by atoms with van der Waals surface area (Å²) in [6, 6.07) is 48.0. The van der Waals surface area contributed by atoms with Gasteiger partial charge in [-0.3, -0.25) is 0 Å². The van der Waals surface area contributed by atoms with Crippen LogP contribution < -0.4 is 0 Å². The van der Waals surface area contributed by atoms with Crippen LogP contribution in [0.15, 0.2) is 162 Å². The van der Waals surface area contributed by atoms with Crippen LogP contribution in [-0.2, 0) is 0 Å².